The van der Waals surface area contributed by atoms with Crippen LogP contribution in [0.3, 0.4) is 0 Å². The van der Waals surface area contributed by atoms with Crippen molar-refractivity contribution in [1.29, 1.82) is 0 Å². The third kappa shape index (κ3) is 3.50. The lowest BCUT2D eigenvalue weighted by Crippen LogP contribution is -2.18. The van der Waals surface area contributed by atoms with Crippen LogP contribution in [0.5, 0.6) is 0 Å². The molecule has 1 heterocycles. The molecule has 0 unspecified atom stereocenters. The van der Waals surface area contributed by atoms with Crippen molar-refractivity contribution in [2.75, 3.05) is 23.3 Å². The van der Waals surface area contributed by atoms with Gasteiger partial charge >= 0.3 is 0 Å². The van der Waals surface area contributed by atoms with Gasteiger partial charge in [-0.2, -0.15) is 0 Å². The van der Waals surface area contributed by atoms with Crippen molar-refractivity contribution < 1.29 is 4.79 Å². The Labute approximate surface area is 142 Å². The van der Waals surface area contributed by atoms with E-state index in [0.29, 0.717) is 10.6 Å². The number of hydrogen-bond acceptors (Lipinski definition) is 2. The molecule has 1 aliphatic rings. The molecular weight excluding hydrogens is 308 g/mol. The Morgan fingerprint density at radius 1 is 1.09 bits per heavy atom. The zero-order chi connectivity index (χ0) is 16.4. The van der Waals surface area contributed by atoms with E-state index in [2.05, 4.69) is 10.2 Å². The second-order valence-corrected chi connectivity index (χ2v) is 6.54. The van der Waals surface area contributed by atoms with E-state index < -0.39 is 0 Å². The molecule has 120 valence electrons. The highest BCUT2D eigenvalue weighted by Crippen LogP contribution is 2.31. The number of halogens is 1. The molecule has 0 radical (unpaired) electrons. The van der Waals surface area contributed by atoms with Crippen LogP contribution in [0.15, 0.2) is 36.4 Å². The van der Waals surface area contributed by atoms with E-state index in [-0.39, 0.29) is 5.91 Å². The molecule has 0 bridgehead atoms. The predicted molar refractivity (Wildman–Crippen MR) is 96.8 cm³/mol. The maximum Gasteiger partial charge on any atom is 0.255 e. The number of aryl methyl sites for hydroxylation is 2. The lowest BCUT2D eigenvalue weighted by Gasteiger charge is -2.19. The first-order chi connectivity index (χ1) is 11.0. The molecule has 3 nitrogen and oxygen atoms in total. The molecule has 0 aromatic heterocycles. The third-order valence-corrected chi connectivity index (χ3v) is 4.58. The van der Waals surface area contributed by atoms with Gasteiger partial charge in [-0.1, -0.05) is 29.3 Å². The zero-order valence-corrected chi connectivity index (χ0v) is 14.3. The van der Waals surface area contributed by atoms with Gasteiger partial charge in [-0.05, 0) is 56.5 Å². The van der Waals surface area contributed by atoms with Crippen LogP contribution in [0, 0.1) is 13.8 Å². The monoisotopic (exact) mass is 328 g/mol. The summed E-state index contributed by atoms with van der Waals surface area (Å²) in [6.07, 6.45) is 2.42. The van der Waals surface area contributed by atoms with Crippen LogP contribution in [0.1, 0.15) is 34.3 Å². The summed E-state index contributed by atoms with van der Waals surface area (Å²) in [6, 6.07) is 11.6. The van der Waals surface area contributed by atoms with Crippen molar-refractivity contribution >= 4 is 28.9 Å². The van der Waals surface area contributed by atoms with Crippen LogP contribution >= 0.6 is 11.6 Å². The number of amides is 1. The van der Waals surface area contributed by atoms with Crippen LogP contribution in [-0.4, -0.2) is 19.0 Å². The lowest BCUT2D eigenvalue weighted by atomic mass is 10.1. The fraction of sp³-hybridized carbons (Fsp3) is 0.316. The van der Waals surface area contributed by atoms with Gasteiger partial charge in [0.2, 0.25) is 0 Å². The normalized spacial score (nSPS) is 14.1. The fourth-order valence-electron chi connectivity index (χ4n) is 3.07. The molecule has 1 saturated heterocycles. The van der Waals surface area contributed by atoms with Gasteiger partial charge in [0.1, 0.15) is 0 Å². The summed E-state index contributed by atoms with van der Waals surface area (Å²) >= 11 is 6.40. The first-order valence-electron chi connectivity index (χ1n) is 7.98. The number of carbonyl (C=O) groups is 1. The van der Waals surface area contributed by atoms with E-state index in [4.69, 9.17) is 11.6 Å². The molecule has 1 fully saturated rings. The molecule has 1 N–H and O–H groups in total. The van der Waals surface area contributed by atoms with Gasteiger partial charge in [0.25, 0.3) is 5.91 Å². The maximum atomic E-state index is 12.4. The molecule has 4 heteroatoms. The average molecular weight is 329 g/mol. The quantitative estimate of drug-likeness (QED) is 0.877. The summed E-state index contributed by atoms with van der Waals surface area (Å²) in [6.45, 7) is 6.07. The van der Waals surface area contributed by atoms with E-state index in [1.807, 2.05) is 50.2 Å². The average Bonchev–Trinajstić information content (AvgIpc) is 3.01. The van der Waals surface area contributed by atoms with E-state index >= 15 is 0 Å². The Morgan fingerprint density at radius 2 is 1.83 bits per heavy atom. The topological polar surface area (TPSA) is 32.3 Å². The van der Waals surface area contributed by atoms with Gasteiger partial charge in [-0.3, -0.25) is 4.79 Å². The Morgan fingerprint density at radius 3 is 2.48 bits per heavy atom. The molecular formula is C19H21ClN2O. The highest BCUT2D eigenvalue weighted by atomic mass is 35.5. The highest BCUT2D eigenvalue weighted by Gasteiger charge is 2.16. The molecule has 23 heavy (non-hydrogen) atoms. The summed E-state index contributed by atoms with van der Waals surface area (Å²) in [4.78, 5) is 14.7. The number of nitrogens with one attached hydrogen (secondary N) is 1. The second kappa shape index (κ2) is 6.63. The van der Waals surface area contributed by atoms with Gasteiger partial charge in [-0.15, -0.1) is 0 Å². The lowest BCUT2D eigenvalue weighted by molar-refractivity contribution is 0.102. The molecule has 0 spiro atoms. The standard InChI is InChI=1S/C19H21ClN2O/c1-13-5-7-16(14(2)11-13)19(23)21-15-6-8-18(17(20)12-15)22-9-3-4-10-22/h5-8,11-12H,3-4,9-10H2,1-2H3,(H,21,23). The molecule has 2 aromatic carbocycles. The van der Waals surface area contributed by atoms with Crippen molar-refractivity contribution in [2.24, 2.45) is 0 Å². The van der Waals surface area contributed by atoms with Crippen molar-refractivity contribution in [2.45, 2.75) is 26.7 Å². The number of nitrogens with zero attached hydrogens (tertiary/aromatic N) is 1. The van der Waals surface area contributed by atoms with Crippen molar-refractivity contribution in [3.05, 3.63) is 58.1 Å². The fourth-order valence-corrected chi connectivity index (χ4v) is 3.37. The molecule has 1 amide bonds. The van der Waals surface area contributed by atoms with E-state index in [0.717, 1.165) is 35.6 Å². The minimum Gasteiger partial charge on any atom is -0.370 e. The van der Waals surface area contributed by atoms with E-state index in [9.17, 15) is 4.79 Å². The van der Waals surface area contributed by atoms with Crippen molar-refractivity contribution in [3.63, 3.8) is 0 Å². The summed E-state index contributed by atoms with van der Waals surface area (Å²) in [5, 5.41) is 3.62. The molecule has 1 aliphatic heterocycles. The van der Waals surface area contributed by atoms with E-state index in [1.54, 1.807) is 0 Å². The van der Waals surface area contributed by atoms with Crippen LogP contribution in [0.25, 0.3) is 0 Å². The van der Waals surface area contributed by atoms with Crippen LogP contribution in [-0.2, 0) is 0 Å². The molecule has 2 aromatic rings. The van der Waals surface area contributed by atoms with Crippen LogP contribution in [0.2, 0.25) is 5.02 Å². The SMILES string of the molecule is Cc1ccc(C(=O)Nc2ccc(N3CCCC3)c(Cl)c2)c(C)c1. The number of carbonyl (C=O) groups excluding carboxylic acids is 1. The maximum absolute atomic E-state index is 12.4. The zero-order valence-electron chi connectivity index (χ0n) is 13.5. The Hall–Kier alpha value is -2.00. The van der Waals surface area contributed by atoms with Gasteiger partial charge in [0, 0.05) is 24.3 Å². The van der Waals surface area contributed by atoms with Crippen molar-refractivity contribution in [1.82, 2.24) is 0 Å². The molecule has 0 saturated carbocycles. The van der Waals surface area contributed by atoms with Crippen LogP contribution in [0.4, 0.5) is 11.4 Å². The molecule has 0 atom stereocenters. The number of rotatable bonds is 3. The summed E-state index contributed by atoms with van der Waals surface area (Å²) in [5.41, 5.74) is 4.59. The highest BCUT2D eigenvalue weighted by molar-refractivity contribution is 6.33. The molecule has 3 rings (SSSR count). The smallest absolute Gasteiger partial charge is 0.255 e. The largest absolute Gasteiger partial charge is 0.370 e. The molecule has 0 aliphatic carbocycles. The first kappa shape index (κ1) is 15.9. The minimum absolute atomic E-state index is 0.104. The van der Waals surface area contributed by atoms with Crippen LogP contribution < -0.4 is 10.2 Å². The number of hydrogen-bond donors (Lipinski definition) is 1. The third-order valence-electron chi connectivity index (χ3n) is 4.28. The Kier molecular flexibility index (Phi) is 4.58. The summed E-state index contributed by atoms with van der Waals surface area (Å²) in [5.74, 6) is -0.104. The van der Waals surface area contributed by atoms with Gasteiger partial charge in [0.15, 0.2) is 0 Å². The minimum atomic E-state index is -0.104. The predicted octanol–water partition coefficient (Wildman–Crippen LogP) is 4.81. The van der Waals surface area contributed by atoms with Gasteiger partial charge < -0.3 is 10.2 Å². The summed E-state index contributed by atoms with van der Waals surface area (Å²) < 4.78 is 0. The number of anilines is 2. The Bertz CT molecular complexity index is 736. The van der Waals surface area contributed by atoms with Crippen molar-refractivity contribution in [3.8, 4) is 0 Å². The summed E-state index contributed by atoms with van der Waals surface area (Å²) in [7, 11) is 0. The first-order valence-corrected chi connectivity index (χ1v) is 8.35. The second-order valence-electron chi connectivity index (χ2n) is 6.13. The Balaban J connectivity index is 1.77. The number of benzene rings is 2. The van der Waals surface area contributed by atoms with Gasteiger partial charge in [-0.25, -0.2) is 0 Å². The van der Waals surface area contributed by atoms with Gasteiger partial charge in [0.05, 0.1) is 10.7 Å². The van der Waals surface area contributed by atoms with E-state index in [1.165, 1.54) is 12.8 Å².